The number of nitrogens with one attached hydrogen (secondary N) is 1. The summed E-state index contributed by atoms with van der Waals surface area (Å²) in [5.74, 6) is 0. The van der Waals surface area contributed by atoms with Crippen molar-refractivity contribution in [2.45, 2.75) is 6.42 Å². The maximum Gasteiger partial charge on any atom is 0.0987 e. The lowest BCUT2D eigenvalue weighted by molar-refractivity contribution is 0.467. The molecule has 2 heteroatoms. The van der Waals surface area contributed by atoms with Crippen LogP contribution >= 0.6 is 0 Å². The average Bonchev–Trinajstić information content (AvgIpc) is 2.46. The molecule has 0 saturated carbocycles. The minimum absolute atomic E-state index is 0.812. The standard InChI is InChI=1S/C9H9NO/c11-6-8-5-7-3-1-2-4-9(7)10-8/h1-4,6,10-11H,5H2. The van der Waals surface area contributed by atoms with Crippen LogP contribution in [-0.4, -0.2) is 5.11 Å². The van der Waals surface area contributed by atoms with Crippen molar-refractivity contribution in [2.75, 3.05) is 5.32 Å². The number of anilines is 1. The lowest BCUT2D eigenvalue weighted by Crippen LogP contribution is -1.89. The van der Waals surface area contributed by atoms with Gasteiger partial charge in [0.05, 0.1) is 12.0 Å². The van der Waals surface area contributed by atoms with Crippen molar-refractivity contribution in [1.29, 1.82) is 0 Å². The van der Waals surface area contributed by atoms with Gasteiger partial charge < -0.3 is 10.4 Å². The van der Waals surface area contributed by atoms with Gasteiger partial charge in [-0.05, 0) is 11.6 Å². The first-order valence-corrected chi connectivity index (χ1v) is 3.58. The Kier molecular flexibility index (Phi) is 1.32. The Morgan fingerprint density at radius 3 is 2.91 bits per heavy atom. The molecule has 11 heavy (non-hydrogen) atoms. The van der Waals surface area contributed by atoms with Crippen molar-refractivity contribution in [3.63, 3.8) is 0 Å². The summed E-state index contributed by atoms with van der Waals surface area (Å²) >= 11 is 0. The predicted octanol–water partition coefficient (Wildman–Crippen LogP) is 2.05. The molecule has 0 atom stereocenters. The predicted molar refractivity (Wildman–Crippen MR) is 44.5 cm³/mol. The maximum atomic E-state index is 8.71. The fraction of sp³-hybridized carbons (Fsp3) is 0.111. The largest absolute Gasteiger partial charge is 0.514 e. The fourth-order valence-electron chi connectivity index (χ4n) is 1.30. The van der Waals surface area contributed by atoms with Crippen LogP contribution < -0.4 is 5.32 Å². The highest BCUT2D eigenvalue weighted by molar-refractivity contribution is 5.61. The summed E-state index contributed by atoms with van der Waals surface area (Å²) in [6, 6.07) is 8.04. The van der Waals surface area contributed by atoms with E-state index in [1.165, 1.54) is 5.56 Å². The Balaban J connectivity index is 2.41. The molecule has 2 nitrogen and oxygen atoms in total. The van der Waals surface area contributed by atoms with E-state index in [1.54, 1.807) is 0 Å². The molecule has 1 aliphatic rings. The maximum absolute atomic E-state index is 8.71. The SMILES string of the molecule is OC=C1Cc2ccccc2N1. The summed E-state index contributed by atoms with van der Waals surface area (Å²) in [6.45, 7) is 0. The van der Waals surface area contributed by atoms with Crippen molar-refractivity contribution in [3.05, 3.63) is 41.8 Å². The molecular formula is C9H9NO. The lowest BCUT2D eigenvalue weighted by atomic mass is 10.1. The van der Waals surface area contributed by atoms with Crippen molar-refractivity contribution in [1.82, 2.24) is 0 Å². The molecule has 0 aliphatic carbocycles. The molecule has 2 N–H and O–H groups in total. The molecule has 56 valence electrons. The first-order valence-electron chi connectivity index (χ1n) is 3.58. The van der Waals surface area contributed by atoms with E-state index in [1.807, 2.05) is 18.2 Å². The first kappa shape index (κ1) is 6.28. The van der Waals surface area contributed by atoms with Gasteiger partial charge in [0.25, 0.3) is 0 Å². The van der Waals surface area contributed by atoms with Gasteiger partial charge in [-0.1, -0.05) is 18.2 Å². The third-order valence-corrected chi connectivity index (χ3v) is 1.85. The molecule has 1 aromatic rings. The molecule has 2 rings (SSSR count). The zero-order valence-corrected chi connectivity index (χ0v) is 6.04. The van der Waals surface area contributed by atoms with E-state index in [0.29, 0.717) is 0 Å². The number of para-hydroxylation sites is 1. The number of aliphatic hydroxyl groups is 1. The van der Waals surface area contributed by atoms with E-state index in [0.717, 1.165) is 24.1 Å². The summed E-state index contributed by atoms with van der Waals surface area (Å²) in [7, 11) is 0. The van der Waals surface area contributed by atoms with E-state index >= 15 is 0 Å². The number of fused-ring (bicyclic) bond motifs is 1. The van der Waals surface area contributed by atoms with Crippen LogP contribution in [0.2, 0.25) is 0 Å². The molecule has 0 bridgehead atoms. The second-order valence-electron chi connectivity index (χ2n) is 2.61. The summed E-state index contributed by atoms with van der Waals surface area (Å²) in [5.41, 5.74) is 3.21. The highest BCUT2D eigenvalue weighted by Crippen LogP contribution is 2.26. The Morgan fingerprint density at radius 1 is 1.36 bits per heavy atom. The number of rotatable bonds is 0. The number of hydrogen-bond acceptors (Lipinski definition) is 2. The van der Waals surface area contributed by atoms with Crippen LogP contribution in [0.1, 0.15) is 5.56 Å². The van der Waals surface area contributed by atoms with E-state index < -0.39 is 0 Å². The number of hydrogen-bond donors (Lipinski definition) is 2. The quantitative estimate of drug-likeness (QED) is 0.550. The molecule has 0 saturated heterocycles. The van der Waals surface area contributed by atoms with Gasteiger partial charge in [-0.2, -0.15) is 0 Å². The Hall–Kier alpha value is -1.44. The van der Waals surface area contributed by atoms with E-state index in [2.05, 4.69) is 11.4 Å². The molecular weight excluding hydrogens is 138 g/mol. The van der Waals surface area contributed by atoms with Crippen LogP contribution in [0, 0.1) is 0 Å². The van der Waals surface area contributed by atoms with Gasteiger partial charge in [-0.15, -0.1) is 0 Å². The van der Waals surface area contributed by atoms with Crippen LogP contribution in [0.3, 0.4) is 0 Å². The zero-order chi connectivity index (χ0) is 7.68. The summed E-state index contributed by atoms with van der Waals surface area (Å²) in [6.07, 6.45) is 1.94. The minimum Gasteiger partial charge on any atom is -0.514 e. The number of aliphatic hydroxyl groups excluding tert-OH is 1. The second-order valence-corrected chi connectivity index (χ2v) is 2.61. The van der Waals surface area contributed by atoms with E-state index in [4.69, 9.17) is 5.11 Å². The van der Waals surface area contributed by atoms with Crippen LogP contribution in [0.4, 0.5) is 5.69 Å². The van der Waals surface area contributed by atoms with Gasteiger partial charge in [-0.3, -0.25) is 0 Å². The highest BCUT2D eigenvalue weighted by atomic mass is 16.2. The fourth-order valence-corrected chi connectivity index (χ4v) is 1.30. The second kappa shape index (κ2) is 2.31. The average molecular weight is 147 g/mol. The molecule has 0 amide bonds. The summed E-state index contributed by atoms with van der Waals surface area (Å²) in [5, 5.41) is 11.8. The van der Waals surface area contributed by atoms with Gasteiger partial charge in [0.1, 0.15) is 0 Å². The van der Waals surface area contributed by atoms with Crippen molar-refractivity contribution in [2.24, 2.45) is 0 Å². The summed E-state index contributed by atoms with van der Waals surface area (Å²) in [4.78, 5) is 0. The van der Waals surface area contributed by atoms with Crippen LogP contribution in [0.15, 0.2) is 36.2 Å². The van der Waals surface area contributed by atoms with Crippen LogP contribution in [0.25, 0.3) is 0 Å². The normalized spacial score (nSPS) is 18.0. The molecule has 0 radical (unpaired) electrons. The molecule has 1 heterocycles. The van der Waals surface area contributed by atoms with Gasteiger partial charge >= 0.3 is 0 Å². The Bertz CT molecular complexity index is 277. The van der Waals surface area contributed by atoms with Gasteiger partial charge in [0.2, 0.25) is 0 Å². The molecule has 0 aromatic heterocycles. The monoisotopic (exact) mass is 147 g/mol. The number of allylic oxidation sites excluding steroid dienone is 1. The van der Waals surface area contributed by atoms with Gasteiger partial charge in [0, 0.05) is 12.1 Å². The highest BCUT2D eigenvalue weighted by Gasteiger charge is 2.12. The van der Waals surface area contributed by atoms with Crippen molar-refractivity contribution < 1.29 is 5.11 Å². The Labute approximate surface area is 65.2 Å². The zero-order valence-electron chi connectivity index (χ0n) is 6.04. The van der Waals surface area contributed by atoms with Crippen LogP contribution in [0.5, 0.6) is 0 Å². The van der Waals surface area contributed by atoms with Crippen molar-refractivity contribution in [3.8, 4) is 0 Å². The third kappa shape index (κ3) is 0.963. The molecule has 0 unspecified atom stereocenters. The van der Waals surface area contributed by atoms with Gasteiger partial charge in [-0.25, -0.2) is 0 Å². The van der Waals surface area contributed by atoms with Gasteiger partial charge in [0.15, 0.2) is 0 Å². The topological polar surface area (TPSA) is 32.3 Å². The summed E-state index contributed by atoms with van der Waals surface area (Å²) < 4.78 is 0. The molecule has 0 fully saturated rings. The van der Waals surface area contributed by atoms with Crippen LogP contribution in [-0.2, 0) is 6.42 Å². The molecule has 0 spiro atoms. The lowest BCUT2D eigenvalue weighted by Gasteiger charge is -1.95. The first-order chi connectivity index (χ1) is 5.40. The van der Waals surface area contributed by atoms with E-state index in [9.17, 15) is 0 Å². The third-order valence-electron chi connectivity index (χ3n) is 1.85. The minimum atomic E-state index is 0.812. The Morgan fingerprint density at radius 2 is 2.18 bits per heavy atom. The molecule has 1 aromatic carbocycles. The van der Waals surface area contributed by atoms with E-state index in [-0.39, 0.29) is 0 Å². The molecule has 1 aliphatic heterocycles. The number of benzene rings is 1. The smallest absolute Gasteiger partial charge is 0.0987 e. The van der Waals surface area contributed by atoms with Crippen molar-refractivity contribution >= 4 is 5.69 Å².